The zero-order valence-electron chi connectivity index (χ0n) is 11.4. The Hall–Kier alpha value is -2.12. The Morgan fingerprint density at radius 1 is 1.33 bits per heavy atom. The summed E-state index contributed by atoms with van der Waals surface area (Å²) >= 11 is 0. The molecule has 0 radical (unpaired) electrons. The summed E-state index contributed by atoms with van der Waals surface area (Å²) in [6, 6.07) is 2.25. The standard InChI is InChI=1S/C13H15F3N2O3/c1-2-3-6-18(8-13(14,15)16)11(19)9-4-5-10(12(20)21)17-7-9/h4-5,7H,2-3,6,8H2,1H3,(H,20,21). The van der Waals surface area contributed by atoms with E-state index in [0.29, 0.717) is 17.7 Å². The van der Waals surface area contributed by atoms with Crippen LogP contribution in [0.2, 0.25) is 0 Å². The summed E-state index contributed by atoms with van der Waals surface area (Å²) in [6.45, 7) is 0.446. The normalized spacial score (nSPS) is 11.2. The van der Waals surface area contributed by atoms with Crippen LogP contribution in [0.1, 0.15) is 40.6 Å². The smallest absolute Gasteiger partial charge is 0.406 e. The van der Waals surface area contributed by atoms with Gasteiger partial charge in [-0.1, -0.05) is 13.3 Å². The number of alkyl halides is 3. The van der Waals surface area contributed by atoms with E-state index in [-0.39, 0.29) is 17.8 Å². The fourth-order valence-corrected chi connectivity index (χ4v) is 1.65. The number of carbonyl (C=O) groups excluding carboxylic acids is 1. The van der Waals surface area contributed by atoms with Gasteiger partial charge in [0.1, 0.15) is 12.2 Å². The summed E-state index contributed by atoms with van der Waals surface area (Å²) in [5.74, 6) is -2.09. The van der Waals surface area contributed by atoms with Gasteiger partial charge in [-0.25, -0.2) is 9.78 Å². The fourth-order valence-electron chi connectivity index (χ4n) is 1.65. The molecule has 116 valence electrons. The third kappa shape index (κ3) is 5.41. The van der Waals surface area contributed by atoms with Crippen molar-refractivity contribution in [3.05, 3.63) is 29.6 Å². The molecule has 21 heavy (non-hydrogen) atoms. The first-order valence-corrected chi connectivity index (χ1v) is 6.30. The minimum absolute atomic E-state index is 0.0183. The summed E-state index contributed by atoms with van der Waals surface area (Å²) in [7, 11) is 0. The van der Waals surface area contributed by atoms with Crippen LogP contribution in [-0.2, 0) is 0 Å². The van der Waals surface area contributed by atoms with E-state index >= 15 is 0 Å². The Bertz CT molecular complexity index is 500. The van der Waals surface area contributed by atoms with Gasteiger partial charge in [0.15, 0.2) is 0 Å². The first kappa shape index (κ1) is 16.9. The van der Waals surface area contributed by atoms with E-state index in [0.717, 1.165) is 18.3 Å². The van der Waals surface area contributed by atoms with Crippen LogP contribution in [-0.4, -0.2) is 46.1 Å². The van der Waals surface area contributed by atoms with Crippen LogP contribution in [0.4, 0.5) is 13.2 Å². The molecule has 0 aliphatic carbocycles. The van der Waals surface area contributed by atoms with Gasteiger partial charge in [0, 0.05) is 12.7 Å². The molecule has 0 saturated carbocycles. The molecule has 0 unspecified atom stereocenters. The van der Waals surface area contributed by atoms with Crippen molar-refractivity contribution in [1.29, 1.82) is 0 Å². The molecule has 1 aromatic heterocycles. The summed E-state index contributed by atoms with van der Waals surface area (Å²) in [4.78, 5) is 26.9. The molecular weight excluding hydrogens is 289 g/mol. The molecule has 0 atom stereocenters. The summed E-state index contributed by atoms with van der Waals surface area (Å²) in [5.41, 5.74) is -0.345. The molecule has 1 N–H and O–H groups in total. The van der Waals surface area contributed by atoms with Crippen molar-refractivity contribution in [3.8, 4) is 0 Å². The van der Waals surface area contributed by atoms with Gasteiger partial charge in [0.05, 0.1) is 5.56 Å². The van der Waals surface area contributed by atoms with Gasteiger partial charge in [-0.2, -0.15) is 13.2 Å². The number of aromatic carboxylic acids is 1. The average Bonchev–Trinajstić information content (AvgIpc) is 2.41. The number of carboxylic acids is 1. The number of rotatable bonds is 6. The van der Waals surface area contributed by atoms with Crippen molar-refractivity contribution in [1.82, 2.24) is 9.88 Å². The Kier molecular flexibility index (Phi) is 5.69. The number of aromatic nitrogens is 1. The molecule has 8 heteroatoms. The minimum Gasteiger partial charge on any atom is -0.477 e. The van der Waals surface area contributed by atoms with E-state index < -0.39 is 24.6 Å². The van der Waals surface area contributed by atoms with Gasteiger partial charge in [0.2, 0.25) is 0 Å². The molecule has 0 bridgehead atoms. The minimum atomic E-state index is -4.49. The van der Waals surface area contributed by atoms with Crippen LogP contribution in [0.15, 0.2) is 18.3 Å². The van der Waals surface area contributed by atoms with Crippen molar-refractivity contribution in [3.63, 3.8) is 0 Å². The predicted molar refractivity (Wildman–Crippen MR) is 68.1 cm³/mol. The lowest BCUT2D eigenvalue weighted by atomic mass is 10.2. The maximum Gasteiger partial charge on any atom is 0.406 e. The van der Waals surface area contributed by atoms with Crippen molar-refractivity contribution < 1.29 is 27.9 Å². The number of unbranched alkanes of at least 4 members (excludes halogenated alkanes) is 1. The van der Waals surface area contributed by atoms with E-state index in [4.69, 9.17) is 5.11 Å². The molecule has 0 aliphatic rings. The highest BCUT2D eigenvalue weighted by atomic mass is 19.4. The molecule has 1 heterocycles. The van der Waals surface area contributed by atoms with Crippen LogP contribution >= 0.6 is 0 Å². The first-order valence-electron chi connectivity index (χ1n) is 6.30. The molecule has 0 fully saturated rings. The fraction of sp³-hybridized carbons (Fsp3) is 0.462. The maximum atomic E-state index is 12.5. The third-order valence-electron chi connectivity index (χ3n) is 2.67. The molecule has 1 amide bonds. The van der Waals surface area contributed by atoms with Crippen LogP contribution in [0, 0.1) is 0 Å². The van der Waals surface area contributed by atoms with Crippen molar-refractivity contribution >= 4 is 11.9 Å². The molecule has 0 aromatic carbocycles. The number of amides is 1. The summed E-state index contributed by atoms with van der Waals surface area (Å²) in [5, 5.41) is 8.69. The first-order chi connectivity index (χ1) is 9.74. The molecule has 5 nitrogen and oxygen atoms in total. The van der Waals surface area contributed by atoms with Crippen molar-refractivity contribution in [2.24, 2.45) is 0 Å². The number of pyridine rings is 1. The monoisotopic (exact) mass is 304 g/mol. The van der Waals surface area contributed by atoms with Gasteiger partial charge in [0.25, 0.3) is 5.91 Å². The number of hydrogen-bond acceptors (Lipinski definition) is 3. The predicted octanol–water partition coefficient (Wildman–Crippen LogP) is 2.58. The average molecular weight is 304 g/mol. The van der Waals surface area contributed by atoms with Gasteiger partial charge in [-0.05, 0) is 18.6 Å². The Morgan fingerprint density at radius 2 is 2.00 bits per heavy atom. The van der Waals surface area contributed by atoms with Gasteiger partial charge in [-0.15, -0.1) is 0 Å². The van der Waals surface area contributed by atoms with Crippen LogP contribution in [0.5, 0.6) is 0 Å². The molecule has 1 aromatic rings. The zero-order valence-corrected chi connectivity index (χ0v) is 11.4. The van der Waals surface area contributed by atoms with Crippen LogP contribution in [0.3, 0.4) is 0 Å². The van der Waals surface area contributed by atoms with Crippen molar-refractivity contribution in [2.75, 3.05) is 13.1 Å². The highest BCUT2D eigenvalue weighted by Gasteiger charge is 2.33. The second kappa shape index (κ2) is 7.05. The van der Waals surface area contributed by atoms with Gasteiger partial charge in [-0.3, -0.25) is 4.79 Å². The highest BCUT2D eigenvalue weighted by molar-refractivity contribution is 5.94. The van der Waals surface area contributed by atoms with E-state index in [2.05, 4.69) is 4.98 Å². The molecule has 0 saturated heterocycles. The second-order valence-corrected chi connectivity index (χ2v) is 4.43. The largest absolute Gasteiger partial charge is 0.477 e. The Balaban J connectivity index is 2.90. The number of carbonyl (C=O) groups is 2. The summed E-state index contributed by atoms with van der Waals surface area (Å²) in [6.07, 6.45) is -2.42. The van der Waals surface area contributed by atoms with E-state index in [1.54, 1.807) is 6.92 Å². The number of hydrogen-bond donors (Lipinski definition) is 1. The Labute approximate surface area is 119 Å². The van der Waals surface area contributed by atoms with Crippen LogP contribution in [0.25, 0.3) is 0 Å². The SMILES string of the molecule is CCCCN(CC(F)(F)F)C(=O)c1ccc(C(=O)O)nc1. The topological polar surface area (TPSA) is 70.5 Å². The van der Waals surface area contributed by atoms with E-state index in [1.165, 1.54) is 0 Å². The number of halogens is 3. The second-order valence-electron chi connectivity index (χ2n) is 4.43. The Morgan fingerprint density at radius 3 is 2.43 bits per heavy atom. The van der Waals surface area contributed by atoms with E-state index in [1.807, 2.05) is 0 Å². The number of carboxylic acid groups (broad SMARTS) is 1. The third-order valence-corrected chi connectivity index (χ3v) is 2.67. The quantitative estimate of drug-likeness (QED) is 0.877. The molecule has 0 aliphatic heterocycles. The van der Waals surface area contributed by atoms with Crippen molar-refractivity contribution in [2.45, 2.75) is 25.9 Å². The molecular formula is C13H15F3N2O3. The molecule has 1 rings (SSSR count). The summed E-state index contributed by atoms with van der Waals surface area (Å²) < 4.78 is 37.5. The number of nitrogens with zero attached hydrogens (tertiary/aromatic N) is 2. The zero-order chi connectivity index (χ0) is 16.0. The van der Waals surface area contributed by atoms with E-state index in [9.17, 15) is 22.8 Å². The van der Waals surface area contributed by atoms with Crippen LogP contribution < -0.4 is 0 Å². The lowest BCUT2D eigenvalue weighted by Crippen LogP contribution is -2.39. The van der Waals surface area contributed by atoms with Gasteiger partial charge < -0.3 is 10.0 Å². The lowest BCUT2D eigenvalue weighted by Gasteiger charge is -2.23. The maximum absolute atomic E-state index is 12.5. The molecule has 0 spiro atoms. The lowest BCUT2D eigenvalue weighted by molar-refractivity contribution is -0.140. The van der Waals surface area contributed by atoms with Gasteiger partial charge >= 0.3 is 12.1 Å². The highest BCUT2D eigenvalue weighted by Crippen LogP contribution is 2.18.